The van der Waals surface area contributed by atoms with E-state index in [1.807, 2.05) is 24.3 Å². The number of piperidine rings is 1. The number of carbonyl (C=O) groups is 1. The predicted octanol–water partition coefficient (Wildman–Crippen LogP) is 4.95. The second kappa shape index (κ2) is 7.65. The molecule has 0 radical (unpaired) electrons. The number of nitrogens with zero attached hydrogens (tertiary/aromatic N) is 3. The molecule has 1 aliphatic heterocycles. The molecule has 0 unspecified atom stereocenters. The van der Waals surface area contributed by atoms with Crippen molar-refractivity contribution in [2.75, 3.05) is 30.8 Å². The molecule has 2 heterocycles. The molecule has 132 valence electrons. The maximum absolute atomic E-state index is 11.9. The predicted molar refractivity (Wildman–Crippen MR) is 102 cm³/mol. The van der Waals surface area contributed by atoms with E-state index in [1.165, 1.54) is 24.7 Å². The Bertz CT molecular complexity index is 777. The van der Waals surface area contributed by atoms with Crippen molar-refractivity contribution in [2.45, 2.75) is 26.2 Å². The van der Waals surface area contributed by atoms with Crippen LogP contribution >= 0.6 is 11.3 Å². The third-order valence-electron chi connectivity index (χ3n) is 4.20. The first-order valence-corrected chi connectivity index (χ1v) is 9.15. The number of benzene rings is 1. The van der Waals surface area contributed by atoms with Crippen LogP contribution in [0, 0.1) is 0 Å². The minimum Gasteiger partial charge on any atom is -0.497 e. The zero-order chi connectivity index (χ0) is 17.8. The van der Waals surface area contributed by atoms with Gasteiger partial charge in [-0.05, 0) is 43.5 Å². The Hall–Kier alpha value is -2.41. The Morgan fingerprint density at radius 2 is 1.84 bits per heavy atom. The summed E-state index contributed by atoms with van der Waals surface area (Å²) in [6.07, 6.45) is 3.52. The fourth-order valence-corrected chi connectivity index (χ4v) is 3.95. The number of carbonyl (C=O) groups excluding carboxylic acids is 1. The number of azo groups is 1. The number of anilines is 2. The molecule has 1 fully saturated rings. The van der Waals surface area contributed by atoms with Crippen LogP contribution in [-0.4, -0.2) is 26.0 Å². The van der Waals surface area contributed by atoms with Gasteiger partial charge < -0.3 is 15.4 Å². The molecule has 6 nitrogen and oxygen atoms in total. The Labute approximate surface area is 151 Å². The van der Waals surface area contributed by atoms with E-state index in [0.29, 0.717) is 21.9 Å². The lowest BCUT2D eigenvalue weighted by atomic mass is 10.1. The molecule has 0 aliphatic carbocycles. The maximum atomic E-state index is 11.9. The van der Waals surface area contributed by atoms with Gasteiger partial charge in [-0.3, -0.25) is 4.79 Å². The van der Waals surface area contributed by atoms with Gasteiger partial charge in [-0.15, -0.1) is 16.5 Å². The summed E-state index contributed by atoms with van der Waals surface area (Å²) in [5.41, 5.74) is 7.95. The average molecular weight is 358 g/mol. The molecular weight excluding hydrogens is 336 g/mol. The van der Waals surface area contributed by atoms with E-state index in [-0.39, 0.29) is 5.78 Å². The van der Waals surface area contributed by atoms with Gasteiger partial charge in [0, 0.05) is 20.0 Å². The fraction of sp³-hybridized carbons (Fsp3) is 0.389. The van der Waals surface area contributed by atoms with Crippen molar-refractivity contribution < 1.29 is 9.53 Å². The number of ketones is 1. The standard InChI is InChI=1S/C18H22N4O2S/c1-12(23)17-15(19)16(18(25-17)22-10-4-3-5-11-22)21-20-13-6-8-14(24-2)9-7-13/h6-9H,3-5,10-11,19H2,1-2H3. The second-order valence-corrected chi connectivity index (χ2v) is 7.00. The van der Waals surface area contributed by atoms with Crippen molar-refractivity contribution in [3.8, 4) is 5.75 Å². The number of hydrogen-bond donors (Lipinski definition) is 1. The zero-order valence-corrected chi connectivity index (χ0v) is 15.3. The van der Waals surface area contributed by atoms with Gasteiger partial charge in [0.05, 0.1) is 23.4 Å². The van der Waals surface area contributed by atoms with Crippen LogP contribution in [0.25, 0.3) is 0 Å². The Balaban J connectivity index is 1.94. The zero-order valence-electron chi connectivity index (χ0n) is 14.5. The van der Waals surface area contributed by atoms with Crippen LogP contribution in [0.2, 0.25) is 0 Å². The molecule has 1 aliphatic rings. The third kappa shape index (κ3) is 3.82. The van der Waals surface area contributed by atoms with Gasteiger partial charge in [-0.1, -0.05) is 0 Å². The van der Waals surface area contributed by atoms with Gasteiger partial charge >= 0.3 is 0 Å². The van der Waals surface area contributed by atoms with Crippen molar-refractivity contribution in [3.05, 3.63) is 29.1 Å². The van der Waals surface area contributed by atoms with Crippen molar-refractivity contribution >= 4 is 39.2 Å². The molecule has 2 aromatic rings. The second-order valence-electron chi connectivity index (χ2n) is 6.00. The molecule has 0 saturated carbocycles. The first-order valence-electron chi connectivity index (χ1n) is 8.34. The summed E-state index contributed by atoms with van der Waals surface area (Å²) >= 11 is 1.42. The Morgan fingerprint density at radius 1 is 1.16 bits per heavy atom. The van der Waals surface area contributed by atoms with E-state index in [2.05, 4.69) is 15.1 Å². The highest BCUT2D eigenvalue weighted by Gasteiger charge is 2.24. The lowest BCUT2D eigenvalue weighted by Gasteiger charge is -2.27. The largest absolute Gasteiger partial charge is 0.497 e. The van der Waals surface area contributed by atoms with E-state index in [4.69, 9.17) is 10.5 Å². The maximum Gasteiger partial charge on any atom is 0.171 e. The number of ether oxygens (including phenoxy) is 1. The quantitative estimate of drug-likeness (QED) is 0.606. The highest BCUT2D eigenvalue weighted by molar-refractivity contribution is 7.19. The van der Waals surface area contributed by atoms with Gasteiger partial charge in [0.2, 0.25) is 0 Å². The molecular formula is C18H22N4O2S. The third-order valence-corrected chi connectivity index (χ3v) is 5.56. The topological polar surface area (TPSA) is 80.3 Å². The highest BCUT2D eigenvalue weighted by Crippen LogP contribution is 2.46. The summed E-state index contributed by atoms with van der Waals surface area (Å²) in [7, 11) is 1.62. The minimum absolute atomic E-state index is 0.0355. The summed E-state index contributed by atoms with van der Waals surface area (Å²) in [5, 5.41) is 9.63. The van der Waals surface area contributed by atoms with Crippen molar-refractivity contribution in [1.29, 1.82) is 0 Å². The lowest BCUT2D eigenvalue weighted by Crippen LogP contribution is -2.28. The number of Topliss-reactive ketones (excluding diaryl/α,β-unsaturated/α-hetero) is 1. The molecule has 0 amide bonds. The van der Waals surface area contributed by atoms with Crippen LogP contribution in [-0.2, 0) is 0 Å². The van der Waals surface area contributed by atoms with Crippen LogP contribution in [0.1, 0.15) is 35.9 Å². The summed E-state index contributed by atoms with van der Waals surface area (Å²) < 4.78 is 5.14. The molecule has 0 atom stereocenters. The van der Waals surface area contributed by atoms with Crippen LogP contribution < -0.4 is 15.4 Å². The SMILES string of the molecule is COc1ccc(N=Nc2c(N3CCCCC3)sc(C(C)=O)c2N)cc1. The highest BCUT2D eigenvalue weighted by atomic mass is 32.1. The van der Waals surface area contributed by atoms with Crippen molar-refractivity contribution in [1.82, 2.24) is 0 Å². The summed E-state index contributed by atoms with van der Waals surface area (Å²) in [4.78, 5) is 14.7. The number of nitrogen functional groups attached to an aromatic ring is 1. The number of thiophene rings is 1. The first-order chi connectivity index (χ1) is 12.1. The van der Waals surface area contributed by atoms with E-state index >= 15 is 0 Å². The smallest absolute Gasteiger partial charge is 0.171 e. The van der Waals surface area contributed by atoms with Crippen LogP contribution in [0.3, 0.4) is 0 Å². The number of hydrogen-bond acceptors (Lipinski definition) is 7. The first kappa shape index (κ1) is 17.4. The van der Waals surface area contributed by atoms with E-state index in [9.17, 15) is 4.79 Å². The molecule has 3 rings (SSSR count). The molecule has 1 saturated heterocycles. The molecule has 1 aromatic heterocycles. The molecule has 0 spiro atoms. The van der Waals surface area contributed by atoms with Crippen LogP contribution in [0.15, 0.2) is 34.5 Å². The molecule has 25 heavy (non-hydrogen) atoms. The van der Waals surface area contributed by atoms with Gasteiger partial charge in [0.15, 0.2) is 5.78 Å². The average Bonchev–Trinajstić information content (AvgIpc) is 2.98. The van der Waals surface area contributed by atoms with Crippen LogP contribution in [0.4, 0.5) is 22.1 Å². The lowest BCUT2D eigenvalue weighted by molar-refractivity contribution is 0.102. The molecule has 0 bridgehead atoms. The minimum atomic E-state index is -0.0355. The van der Waals surface area contributed by atoms with E-state index in [0.717, 1.165) is 36.7 Å². The monoisotopic (exact) mass is 358 g/mol. The van der Waals surface area contributed by atoms with Gasteiger partial charge in [-0.25, -0.2) is 0 Å². The van der Waals surface area contributed by atoms with E-state index < -0.39 is 0 Å². The number of nitrogens with two attached hydrogens (primary N) is 1. The normalized spacial score (nSPS) is 14.9. The van der Waals surface area contributed by atoms with Crippen molar-refractivity contribution in [3.63, 3.8) is 0 Å². The number of rotatable bonds is 5. The summed E-state index contributed by atoms with van der Waals surface area (Å²) in [6.45, 7) is 3.46. The Kier molecular flexibility index (Phi) is 5.33. The fourth-order valence-electron chi connectivity index (χ4n) is 2.85. The summed E-state index contributed by atoms with van der Waals surface area (Å²) in [5.74, 6) is 0.730. The van der Waals surface area contributed by atoms with Gasteiger partial charge in [-0.2, -0.15) is 5.11 Å². The van der Waals surface area contributed by atoms with Gasteiger partial charge in [0.1, 0.15) is 16.4 Å². The van der Waals surface area contributed by atoms with Crippen molar-refractivity contribution in [2.24, 2.45) is 10.2 Å². The number of methoxy groups -OCH3 is 1. The summed E-state index contributed by atoms with van der Waals surface area (Å²) in [6, 6.07) is 7.32. The molecule has 7 heteroatoms. The molecule has 2 N–H and O–H groups in total. The van der Waals surface area contributed by atoms with Crippen LogP contribution in [0.5, 0.6) is 5.75 Å². The van der Waals surface area contributed by atoms with Gasteiger partial charge in [0.25, 0.3) is 0 Å². The van der Waals surface area contributed by atoms with E-state index in [1.54, 1.807) is 7.11 Å². The Morgan fingerprint density at radius 3 is 2.44 bits per heavy atom. The molecule has 1 aromatic carbocycles.